The summed E-state index contributed by atoms with van der Waals surface area (Å²) in [5.41, 5.74) is 0.741. The van der Waals surface area contributed by atoms with Gasteiger partial charge >= 0.3 is 0 Å². The van der Waals surface area contributed by atoms with Gasteiger partial charge in [-0.15, -0.1) is 0 Å². The summed E-state index contributed by atoms with van der Waals surface area (Å²) >= 11 is 2.36. The number of halogens is 1. The van der Waals surface area contributed by atoms with E-state index in [1.807, 2.05) is 13.8 Å². The Kier molecular flexibility index (Phi) is 4.66. The van der Waals surface area contributed by atoms with Gasteiger partial charge in [0.05, 0.1) is 9.26 Å². The zero-order valence-corrected chi connectivity index (χ0v) is 14.2. The van der Waals surface area contributed by atoms with Crippen LogP contribution in [0.4, 0.5) is 5.82 Å². The van der Waals surface area contributed by atoms with Crippen LogP contribution in [0.3, 0.4) is 0 Å². The molecule has 1 aliphatic carbocycles. The highest BCUT2D eigenvalue weighted by molar-refractivity contribution is 14.1. The second-order valence-corrected chi connectivity index (χ2v) is 6.59. The number of nitrogens with one attached hydrogen (secondary N) is 1. The first-order valence-corrected chi connectivity index (χ1v) is 7.94. The van der Waals surface area contributed by atoms with Crippen molar-refractivity contribution < 1.29 is 4.74 Å². The van der Waals surface area contributed by atoms with E-state index in [9.17, 15) is 0 Å². The molecule has 0 unspecified atom stereocenters. The Balaban J connectivity index is 2.41. The Morgan fingerprint density at radius 2 is 2.05 bits per heavy atom. The van der Waals surface area contributed by atoms with Crippen molar-refractivity contribution >= 4 is 28.4 Å². The summed E-state index contributed by atoms with van der Waals surface area (Å²) in [6, 6.07) is 0. The molecule has 0 radical (unpaired) electrons. The first kappa shape index (κ1) is 15.0. The first-order chi connectivity index (χ1) is 8.99. The van der Waals surface area contributed by atoms with Gasteiger partial charge in [0.1, 0.15) is 11.4 Å². The van der Waals surface area contributed by atoms with Crippen molar-refractivity contribution in [2.24, 2.45) is 0 Å². The largest absolute Gasteiger partial charge is 0.371 e. The number of methoxy groups -OCH3 is 1. The standard InChI is InChI=1S/C14H22IN3O/c1-5-8-16-12-10(15)11(9-6-7-9)17-13(18-12)14(2,3)19-4/h9H,5-8H2,1-4H3,(H,16,17,18). The Hall–Kier alpha value is -0.430. The summed E-state index contributed by atoms with van der Waals surface area (Å²) in [5.74, 6) is 2.35. The lowest BCUT2D eigenvalue weighted by molar-refractivity contribution is 0.0113. The Morgan fingerprint density at radius 3 is 2.58 bits per heavy atom. The molecule has 1 heterocycles. The molecule has 1 aromatic rings. The van der Waals surface area contributed by atoms with E-state index in [2.05, 4.69) is 39.8 Å². The minimum Gasteiger partial charge on any atom is -0.371 e. The lowest BCUT2D eigenvalue weighted by atomic mass is 10.1. The third-order valence-corrected chi connectivity index (χ3v) is 4.50. The molecule has 1 aliphatic rings. The molecule has 0 spiro atoms. The van der Waals surface area contributed by atoms with Crippen LogP contribution in [0.2, 0.25) is 0 Å². The smallest absolute Gasteiger partial charge is 0.162 e. The molecule has 1 fully saturated rings. The van der Waals surface area contributed by atoms with Crippen LogP contribution in [0, 0.1) is 3.57 Å². The molecule has 0 amide bonds. The summed E-state index contributed by atoms with van der Waals surface area (Å²) < 4.78 is 6.69. The van der Waals surface area contributed by atoms with Crippen LogP contribution in [0.25, 0.3) is 0 Å². The predicted octanol–water partition coefficient (Wildman–Crippen LogP) is 3.66. The molecule has 1 N–H and O–H groups in total. The van der Waals surface area contributed by atoms with E-state index in [4.69, 9.17) is 9.72 Å². The number of hydrogen-bond donors (Lipinski definition) is 1. The van der Waals surface area contributed by atoms with Gasteiger partial charge in [0.15, 0.2) is 5.82 Å². The molecule has 0 aliphatic heterocycles. The third kappa shape index (κ3) is 3.37. The number of rotatable bonds is 6. The van der Waals surface area contributed by atoms with Gasteiger partial charge in [-0.1, -0.05) is 6.92 Å². The monoisotopic (exact) mass is 375 g/mol. The fourth-order valence-corrected chi connectivity index (χ4v) is 2.69. The van der Waals surface area contributed by atoms with Gasteiger partial charge in [-0.3, -0.25) is 0 Å². The van der Waals surface area contributed by atoms with Gasteiger partial charge in [-0.2, -0.15) is 0 Å². The molecular formula is C14H22IN3O. The SMILES string of the molecule is CCCNc1nc(C(C)(C)OC)nc(C2CC2)c1I. The highest BCUT2D eigenvalue weighted by Gasteiger charge is 2.32. The van der Waals surface area contributed by atoms with Gasteiger partial charge in [-0.05, 0) is 55.7 Å². The molecule has 19 heavy (non-hydrogen) atoms. The number of anilines is 1. The van der Waals surface area contributed by atoms with E-state index < -0.39 is 5.60 Å². The topological polar surface area (TPSA) is 47.0 Å². The molecular weight excluding hydrogens is 353 g/mol. The molecule has 5 heteroatoms. The van der Waals surface area contributed by atoms with E-state index in [-0.39, 0.29) is 0 Å². The number of aromatic nitrogens is 2. The van der Waals surface area contributed by atoms with Crippen molar-refractivity contribution in [3.63, 3.8) is 0 Å². The summed E-state index contributed by atoms with van der Waals surface area (Å²) in [7, 11) is 1.71. The molecule has 0 aromatic carbocycles. The molecule has 1 aromatic heterocycles. The zero-order valence-electron chi connectivity index (χ0n) is 12.1. The molecule has 106 valence electrons. The molecule has 4 nitrogen and oxygen atoms in total. The molecule has 1 saturated carbocycles. The van der Waals surface area contributed by atoms with Crippen molar-refractivity contribution in [3.05, 3.63) is 15.1 Å². The van der Waals surface area contributed by atoms with Crippen molar-refractivity contribution in [1.29, 1.82) is 0 Å². The van der Waals surface area contributed by atoms with Gasteiger partial charge in [-0.25, -0.2) is 9.97 Å². The van der Waals surface area contributed by atoms with Crippen LogP contribution < -0.4 is 5.32 Å². The van der Waals surface area contributed by atoms with Crippen LogP contribution in [-0.4, -0.2) is 23.6 Å². The highest BCUT2D eigenvalue weighted by Crippen LogP contribution is 2.43. The predicted molar refractivity (Wildman–Crippen MR) is 85.5 cm³/mol. The number of ether oxygens (including phenoxy) is 1. The van der Waals surface area contributed by atoms with E-state index in [1.165, 1.54) is 22.1 Å². The van der Waals surface area contributed by atoms with Crippen LogP contribution in [0.15, 0.2) is 0 Å². The molecule has 2 rings (SSSR count). The van der Waals surface area contributed by atoms with E-state index in [0.29, 0.717) is 5.92 Å². The lowest BCUT2D eigenvalue weighted by Crippen LogP contribution is -2.25. The normalized spacial score (nSPS) is 15.6. The van der Waals surface area contributed by atoms with Gasteiger partial charge < -0.3 is 10.1 Å². The average Bonchev–Trinajstić information content (AvgIpc) is 3.21. The summed E-state index contributed by atoms with van der Waals surface area (Å²) in [6.07, 6.45) is 3.57. The molecule has 0 saturated heterocycles. The van der Waals surface area contributed by atoms with Gasteiger partial charge in [0.25, 0.3) is 0 Å². The van der Waals surface area contributed by atoms with E-state index in [1.54, 1.807) is 7.11 Å². The Labute approximate surface area is 128 Å². The molecule has 0 atom stereocenters. The minimum atomic E-state index is -0.448. The van der Waals surface area contributed by atoms with Crippen LogP contribution in [0.5, 0.6) is 0 Å². The maximum atomic E-state index is 5.52. The van der Waals surface area contributed by atoms with E-state index >= 15 is 0 Å². The quantitative estimate of drug-likeness (QED) is 0.771. The summed E-state index contributed by atoms with van der Waals surface area (Å²) in [5, 5.41) is 3.41. The van der Waals surface area contributed by atoms with E-state index in [0.717, 1.165) is 24.6 Å². The van der Waals surface area contributed by atoms with Crippen LogP contribution >= 0.6 is 22.6 Å². The van der Waals surface area contributed by atoms with Crippen LogP contribution in [0.1, 0.15) is 57.5 Å². The highest BCUT2D eigenvalue weighted by atomic mass is 127. The van der Waals surface area contributed by atoms with Crippen molar-refractivity contribution in [2.45, 2.75) is 51.6 Å². The first-order valence-electron chi connectivity index (χ1n) is 6.86. The minimum absolute atomic E-state index is 0.448. The second-order valence-electron chi connectivity index (χ2n) is 5.51. The van der Waals surface area contributed by atoms with Gasteiger partial charge in [0.2, 0.25) is 0 Å². The summed E-state index contributed by atoms with van der Waals surface area (Å²) in [6.45, 7) is 7.11. The second kappa shape index (κ2) is 5.91. The molecule has 0 bridgehead atoms. The maximum Gasteiger partial charge on any atom is 0.162 e. The lowest BCUT2D eigenvalue weighted by Gasteiger charge is -2.23. The number of hydrogen-bond acceptors (Lipinski definition) is 4. The van der Waals surface area contributed by atoms with Crippen LogP contribution in [-0.2, 0) is 10.3 Å². The maximum absolute atomic E-state index is 5.52. The Bertz CT molecular complexity index is 458. The van der Waals surface area contributed by atoms with Crippen molar-refractivity contribution in [3.8, 4) is 0 Å². The van der Waals surface area contributed by atoms with Crippen molar-refractivity contribution in [2.75, 3.05) is 19.0 Å². The Morgan fingerprint density at radius 1 is 1.37 bits per heavy atom. The van der Waals surface area contributed by atoms with Crippen molar-refractivity contribution in [1.82, 2.24) is 9.97 Å². The number of nitrogens with zero attached hydrogens (tertiary/aromatic N) is 2. The third-order valence-electron chi connectivity index (χ3n) is 3.43. The van der Waals surface area contributed by atoms with Gasteiger partial charge in [0, 0.05) is 19.6 Å². The summed E-state index contributed by atoms with van der Waals surface area (Å²) in [4.78, 5) is 9.43. The average molecular weight is 375 g/mol. The zero-order chi connectivity index (χ0) is 14.0. The fourth-order valence-electron chi connectivity index (χ4n) is 1.81. The fraction of sp³-hybridized carbons (Fsp3) is 0.714.